The highest BCUT2D eigenvalue weighted by Gasteiger charge is 2.30. The molecule has 29 heavy (non-hydrogen) atoms. The molecule has 1 aliphatic rings. The predicted molar refractivity (Wildman–Crippen MR) is 115 cm³/mol. The zero-order valence-corrected chi connectivity index (χ0v) is 17.4. The van der Waals surface area contributed by atoms with Gasteiger partial charge in [-0.15, -0.1) is 0 Å². The van der Waals surface area contributed by atoms with Crippen molar-refractivity contribution in [3.63, 3.8) is 0 Å². The van der Waals surface area contributed by atoms with Crippen LogP contribution in [-0.2, 0) is 4.79 Å². The van der Waals surface area contributed by atoms with Crippen LogP contribution in [0.25, 0.3) is 4.91 Å². The Balaban J connectivity index is 1.90. The lowest BCUT2D eigenvalue weighted by Gasteiger charge is -2.21. The van der Waals surface area contributed by atoms with Gasteiger partial charge in [0.15, 0.2) is 6.29 Å². The lowest BCUT2D eigenvalue weighted by atomic mass is 10.2. The molecule has 9 nitrogen and oxygen atoms in total. The van der Waals surface area contributed by atoms with Gasteiger partial charge in [0.1, 0.15) is 11.1 Å². The highest BCUT2D eigenvalue weighted by Crippen LogP contribution is 2.42. The third-order valence-corrected chi connectivity index (χ3v) is 5.91. The molecule has 0 saturated carbocycles. The molecule has 1 N–H and O–H groups in total. The standard InChI is InChI=1S/C19H22N6O3S/c1-5-24-12(2)18(29-17(24)11-26)14-8-9-20-19(22-14)21-13-6-7-15(23(3)4)16(10-13)25(27)28/h6-11,17H,5H2,1-4H3,(H,20,21,22). The first-order chi connectivity index (χ1) is 13.8. The van der Waals surface area contributed by atoms with Crippen molar-refractivity contribution >= 4 is 46.0 Å². The van der Waals surface area contributed by atoms with E-state index >= 15 is 0 Å². The fourth-order valence-electron chi connectivity index (χ4n) is 3.16. The number of likely N-dealkylation sites (N-methyl/N-ethyl adjacent to an activating group) is 1. The zero-order chi connectivity index (χ0) is 21.1. The summed E-state index contributed by atoms with van der Waals surface area (Å²) >= 11 is 1.46. The van der Waals surface area contributed by atoms with E-state index in [1.54, 1.807) is 43.4 Å². The molecule has 1 aromatic heterocycles. The van der Waals surface area contributed by atoms with Crippen LogP contribution in [0, 0.1) is 10.1 Å². The number of anilines is 3. The number of nitro groups is 1. The van der Waals surface area contributed by atoms with Gasteiger partial charge in [0.05, 0.1) is 15.5 Å². The number of hydrogen-bond donors (Lipinski definition) is 1. The van der Waals surface area contributed by atoms with Gasteiger partial charge in [-0.25, -0.2) is 9.97 Å². The van der Waals surface area contributed by atoms with Crippen molar-refractivity contribution in [2.45, 2.75) is 19.2 Å². The van der Waals surface area contributed by atoms with Gasteiger partial charge in [-0.05, 0) is 32.0 Å². The summed E-state index contributed by atoms with van der Waals surface area (Å²) in [6.45, 7) is 4.69. The van der Waals surface area contributed by atoms with Crippen molar-refractivity contribution in [1.82, 2.24) is 14.9 Å². The maximum absolute atomic E-state index is 11.4. The van der Waals surface area contributed by atoms with E-state index in [9.17, 15) is 14.9 Å². The SMILES string of the molecule is CCN1C(C)=C(c2ccnc(Nc3ccc(N(C)C)c([N+](=O)[O-])c3)n2)SC1C=O. The van der Waals surface area contributed by atoms with Crippen LogP contribution in [0.1, 0.15) is 19.5 Å². The van der Waals surface area contributed by atoms with Gasteiger partial charge >= 0.3 is 0 Å². The van der Waals surface area contributed by atoms with Crippen molar-refractivity contribution in [3.05, 3.63) is 52.0 Å². The van der Waals surface area contributed by atoms with E-state index in [4.69, 9.17) is 0 Å². The average molecular weight is 414 g/mol. The van der Waals surface area contributed by atoms with Crippen LogP contribution in [0.15, 0.2) is 36.2 Å². The van der Waals surface area contributed by atoms with Gasteiger partial charge in [-0.1, -0.05) is 11.8 Å². The molecule has 1 aromatic carbocycles. The van der Waals surface area contributed by atoms with E-state index in [0.29, 0.717) is 23.0 Å². The Morgan fingerprint density at radius 3 is 2.72 bits per heavy atom. The van der Waals surface area contributed by atoms with Crippen LogP contribution < -0.4 is 10.2 Å². The Morgan fingerprint density at radius 2 is 2.14 bits per heavy atom. The highest BCUT2D eigenvalue weighted by atomic mass is 32.2. The molecule has 2 heterocycles. The highest BCUT2D eigenvalue weighted by molar-refractivity contribution is 8.09. The molecule has 0 amide bonds. The van der Waals surface area contributed by atoms with Crippen LogP contribution in [0.3, 0.4) is 0 Å². The number of nitrogens with one attached hydrogen (secondary N) is 1. The monoisotopic (exact) mass is 414 g/mol. The van der Waals surface area contributed by atoms with Crippen molar-refractivity contribution < 1.29 is 9.72 Å². The minimum Gasteiger partial charge on any atom is -0.372 e. The number of nitrogens with zero attached hydrogens (tertiary/aromatic N) is 5. The maximum Gasteiger partial charge on any atom is 0.294 e. The molecule has 10 heteroatoms. The maximum atomic E-state index is 11.4. The molecule has 0 saturated heterocycles. The normalized spacial score (nSPS) is 16.1. The fourth-order valence-corrected chi connectivity index (χ4v) is 4.41. The van der Waals surface area contributed by atoms with E-state index in [2.05, 4.69) is 15.3 Å². The quantitative estimate of drug-likeness (QED) is 0.414. The second-order valence-electron chi connectivity index (χ2n) is 6.59. The molecule has 152 valence electrons. The Bertz CT molecular complexity index is 978. The molecule has 2 aromatic rings. The number of aromatic nitrogens is 2. The molecule has 1 aliphatic heterocycles. The third-order valence-electron chi connectivity index (χ3n) is 4.56. The van der Waals surface area contributed by atoms with Crippen LogP contribution in [0.5, 0.6) is 0 Å². The largest absolute Gasteiger partial charge is 0.372 e. The minimum atomic E-state index is -0.417. The molecule has 0 bridgehead atoms. The first-order valence-corrected chi connectivity index (χ1v) is 9.89. The van der Waals surface area contributed by atoms with Gasteiger partial charge in [-0.3, -0.25) is 10.1 Å². The summed E-state index contributed by atoms with van der Waals surface area (Å²) in [5.74, 6) is 0.327. The van der Waals surface area contributed by atoms with Gasteiger partial charge in [-0.2, -0.15) is 0 Å². The Morgan fingerprint density at radius 1 is 1.38 bits per heavy atom. The molecule has 0 spiro atoms. The molecular weight excluding hydrogens is 392 g/mol. The summed E-state index contributed by atoms with van der Waals surface area (Å²) < 4.78 is 0. The Labute approximate surface area is 173 Å². The second-order valence-corrected chi connectivity index (χ2v) is 7.72. The van der Waals surface area contributed by atoms with Crippen LogP contribution in [-0.4, -0.2) is 52.1 Å². The number of rotatable bonds is 7. The first-order valence-electron chi connectivity index (χ1n) is 9.01. The number of benzene rings is 1. The van der Waals surface area contributed by atoms with Crippen molar-refractivity contribution in [1.29, 1.82) is 0 Å². The average Bonchev–Trinajstić information content (AvgIpc) is 3.03. The van der Waals surface area contributed by atoms with E-state index in [0.717, 1.165) is 23.4 Å². The number of allylic oxidation sites excluding steroid dienone is 1. The van der Waals surface area contributed by atoms with Crippen molar-refractivity contribution in [3.8, 4) is 0 Å². The number of carbonyl (C=O) groups excluding carboxylic acids is 1. The predicted octanol–water partition coefficient (Wildman–Crippen LogP) is 3.48. The molecule has 0 aliphatic carbocycles. The van der Waals surface area contributed by atoms with Crippen molar-refractivity contribution in [2.24, 2.45) is 0 Å². The Hall–Kier alpha value is -3.14. The summed E-state index contributed by atoms with van der Waals surface area (Å²) in [7, 11) is 3.51. The van der Waals surface area contributed by atoms with E-state index in [1.165, 1.54) is 17.8 Å². The number of aldehydes is 1. The first kappa shape index (κ1) is 20.6. The molecular formula is C19H22N6O3S. The number of nitro benzene ring substituents is 1. The summed E-state index contributed by atoms with van der Waals surface area (Å²) in [4.78, 5) is 35.7. The molecule has 3 rings (SSSR count). The van der Waals surface area contributed by atoms with E-state index in [1.807, 2.05) is 18.7 Å². The van der Waals surface area contributed by atoms with Gasteiger partial charge in [0, 0.05) is 44.3 Å². The van der Waals surface area contributed by atoms with E-state index in [-0.39, 0.29) is 11.1 Å². The van der Waals surface area contributed by atoms with Crippen LogP contribution in [0.2, 0.25) is 0 Å². The number of carbonyl (C=O) groups is 1. The Kier molecular flexibility index (Phi) is 6.02. The summed E-state index contributed by atoms with van der Waals surface area (Å²) in [6.07, 6.45) is 2.55. The van der Waals surface area contributed by atoms with Crippen LogP contribution >= 0.6 is 11.8 Å². The second kappa shape index (κ2) is 8.48. The summed E-state index contributed by atoms with van der Waals surface area (Å²) in [5, 5.41) is 14.2. The smallest absolute Gasteiger partial charge is 0.294 e. The lowest BCUT2D eigenvalue weighted by Crippen LogP contribution is -2.28. The van der Waals surface area contributed by atoms with Gasteiger partial charge in [0.2, 0.25) is 5.95 Å². The summed E-state index contributed by atoms with van der Waals surface area (Å²) in [6, 6.07) is 6.67. The topological polar surface area (TPSA) is 104 Å². The van der Waals surface area contributed by atoms with Crippen molar-refractivity contribution in [2.75, 3.05) is 30.9 Å². The molecule has 0 radical (unpaired) electrons. The van der Waals surface area contributed by atoms with Crippen LogP contribution in [0.4, 0.5) is 23.0 Å². The fraction of sp³-hybridized carbons (Fsp3) is 0.316. The molecule has 0 fully saturated rings. The third kappa shape index (κ3) is 4.16. The molecule has 1 atom stereocenters. The zero-order valence-electron chi connectivity index (χ0n) is 16.6. The number of hydrogen-bond acceptors (Lipinski definition) is 9. The van der Waals surface area contributed by atoms with E-state index < -0.39 is 4.92 Å². The van der Waals surface area contributed by atoms with Gasteiger partial charge in [0.25, 0.3) is 5.69 Å². The van der Waals surface area contributed by atoms with Gasteiger partial charge < -0.3 is 19.9 Å². The summed E-state index contributed by atoms with van der Waals surface area (Å²) in [5.41, 5.74) is 2.72. The molecule has 1 unspecified atom stereocenters. The minimum absolute atomic E-state index is 0.00605. The number of thioether (sulfide) groups is 1. The lowest BCUT2D eigenvalue weighted by molar-refractivity contribution is -0.384.